The minimum Gasteiger partial charge on any atom is -0.274 e. The molecule has 2 bridgehead atoms. The predicted molar refractivity (Wildman–Crippen MR) is 149 cm³/mol. The number of rotatable bonds is 4. The molecule has 0 aromatic heterocycles. The highest BCUT2D eigenvalue weighted by molar-refractivity contribution is 6.25. The molecule has 0 spiro atoms. The van der Waals surface area contributed by atoms with Crippen molar-refractivity contribution in [3.63, 3.8) is 0 Å². The molecular formula is C33H25N3O3. The van der Waals surface area contributed by atoms with Crippen LogP contribution in [-0.4, -0.2) is 23.9 Å². The molecule has 0 saturated carbocycles. The summed E-state index contributed by atoms with van der Waals surface area (Å²) in [6.45, 7) is 1.93. The van der Waals surface area contributed by atoms with Crippen LogP contribution in [0.25, 0.3) is 0 Å². The van der Waals surface area contributed by atoms with Gasteiger partial charge in [0, 0.05) is 17.7 Å². The van der Waals surface area contributed by atoms with Crippen molar-refractivity contribution in [3.05, 3.63) is 137 Å². The van der Waals surface area contributed by atoms with Gasteiger partial charge in [0.05, 0.1) is 22.9 Å². The van der Waals surface area contributed by atoms with Crippen LogP contribution in [0.5, 0.6) is 0 Å². The number of carbonyl (C=O) groups is 3. The summed E-state index contributed by atoms with van der Waals surface area (Å²) >= 11 is 0. The van der Waals surface area contributed by atoms with E-state index in [-0.39, 0.29) is 23.6 Å². The maximum Gasteiger partial charge on any atom is 0.271 e. The molecule has 1 saturated heterocycles. The molecule has 1 aliphatic heterocycles. The third-order valence-electron chi connectivity index (χ3n) is 8.41. The number of benzene rings is 4. The van der Waals surface area contributed by atoms with Gasteiger partial charge in [-0.25, -0.2) is 10.3 Å². The molecule has 0 unspecified atom stereocenters. The zero-order valence-electron chi connectivity index (χ0n) is 21.2. The van der Waals surface area contributed by atoms with Crippen molar-refractivity contribution in [1.82, 2.24) is 5.43 Å². The van der Waals surface area contributed by atoms with Crippen LogP contribution in [0.1, 0.15) is 44.1 Å². The highest BCUT2D eigenvalue weighted by Gasteiger charge is 2.68. The van der Waals surface area contributed by atoms with E-state index in [0.29, 0.717) is 11.3 Å². The monoisotopic (exact) mass is 511 g/mol. The molecule has 1 fully saturated rings. The standard InChI is InChI=1S/C33H25N3O3/c1-20-10-9-11-21(18-20)30(37)35-34-19-33-25-16-7-5-14-23(25)27(24-15-6-8-17-26(24)33)28-29(33)32(39)36(31(28)38)22-12-3-2-4-13-22/h2-19,27-29H,1H3,(H,35,37)/b34-19-/t27?,28-,29-,33?/m0/s1. The number of hydrazone groups is 1. The fourth-order valence-corrected chi connectivity index (χ4v) is 6.92. The lowest BCUT2D eigenvalue weighted by molar-refractivity contribution is -0.122. The van der Waals surface area contributed by atoms with Crippen LogP contribution in [0.3, 0.4) is 0 Å². The van der Waals surface area contributed by atoms with Gasteiger partial charge in [-0.3, -0.25) is 14.4 Å². The average Bonchev–Trinajstić information content (AvgIpc) is 3.24. The zero-order chi connectivity index (χ0) is 26.7. The summed E-state index contributed by atoms with van der Waals surface area (Å²) in [5.41, 5.74) is 7.61. The van der Waals surface area contributed by atoms with E-state index in [2.05, 4.69) is 10.5 Å². The Balaban J connectivity index is 1.41. The summed E-state index contributed by atoms with van der Waals surface area (Å²) in [5.74, 6) is -2.31. The van der Waals surface area contributed by atoms with Gasteiger partial charge < -0.3 is 0 Å². The van der Waals surface area contributed by atoms with Gasteiger partial charge in [0.2, 0.25) is 11.8 Å². The molecule has 6 heteroatoms. The largest absolute Gasteiger partial charge is 0.274 e. The highest BCUT2D eigenvalue weighted by atomic mass is 16.2. The van der Waals surface area contributed by atoms with Crippen LogP contribution in [-0.2, 0) is 15.0 Å². The van der Waals surface area contributed by atoms with E-state index in [4.69, 9.17) is 0 Å². The minimum absolute atomic E-state index is 0.202. The molecule has 2 atom stereocenters. The third-order valence-corrected chi connectivity index (χ3v) is 8.41. The summed E-state index contributed by atoms with van der Waals surface area (Å²) in [5, 5.41) is 4.48. The fourth-order valence-electron chi connectivity index (χ4n) is 6.92. The van der Waals surface area contributed by atoms with Crippen molar-refractivity contribution in [2.45, 2.75) is 18.3 Å². The molecule has 0 radical (unpaired) electrons. The number of anilines is 1. The summed E-state index contributed by atoms with van der Waals surface area (Å²) in [4.78, 5) is 42.7. The second-order valence-corrected chi connectivity index (χ2v) is 10.4. The van der Waals surface area contributed by atoms with Crippen LogP contribution in [0.4, 0.5) is 5.69 Å². The third kappa shape index (κ3) is 3.21. The molecule has 1 heterocycles. The second kappa shape index (κ2) is 8.60. The fraction of sp³-hybridized carbons (Fsp3) is 0.152. The van der Waals surface area contributed by atoms with Gasteiger partial charge in [0.25, 0.3) is 5.91 Å². The molecule has 3 aliphatic carbocycles. The molecule has 3 amide bonds. The summed E-state index contributed by atoms with van der Waals surface area (Å²) in [7, 11) is 0. The van der Waals surface area contributed by atoms with E-state index in [1.54, 1.807) is 30.5 Å². The second-order valence-electron chi connectivity index (χ2n) is 10.4. The Morgan fingerprint density at radius 1 is 0.821 bits per heavy atom. The number of para-hydroxylation sites is 1. The first-order valence-corrected chi connectivity index (χ1v) is 13.1. The zero-order valence-corrected chi connectivity index (χ0v) is 21.2. The highest BCUT2D eigenvalue weighted by Crippen LogP contribution is 2.63. The van der Waals surface area contributed by atoms with Crippen LogP contribution in [0.2, 0.25) is 0 Å². The topological polar surface area (TPSA) is 78.8 Å². The van der Waals surface area contributed by atoms with Gasteiger partial charge in [-0.2, -0.15) is 5.10 Å². The predicted octanol–water partition coefficient (Wildman–Crippen LogP) is 4.96. The van der Waals surface area contributed by atoms with Gasteiger partial charge in [-0.15, -0.1) is 0 Å². The SMILES string of the molecule is Cc1cccc(C(=O)N/N=C\C23c4ccccc4C(c4ccccc42)[C@@H]2C(=O)N(c4ccccc4)C(=O)[C@H]23)c1. The molecule has 39 heavy (non-hydrogen) atoms. The van der Waals surface area contributed by atoms with Crippen molar-refractivity contribution < 1.29 is 14.4 Å². The molecule has 6 nitrogen and oxygen atoms in total. The van der Waals surface area contributed by atoms with Crippen LogP contribution < -0.4 is 10.3 Å². The van der Waals surface area contributed by atoms with E-state index < -0.39 is 17.3 Å². The molecule has 8 rings (SSSR count). The molecule has 4 aromatic carbocycles. The summed E-state index contributed by atoms with van der Waals surface area (Å²) in [6, 6.07) is 32.4. The van der Waals surface area contributed by atoms with Gasteiger partial charge in [0.1, 0.15) is 0 Å². The molecule has 1 N–H and O–H groups in total. The van der Waals surface area contributed by atoms with Crippen molar-refractivity contribution >= 4 is 29.6 Å². The van der Waals surface area contributed by atoms with Crippen molar-refractivity contribution in [3.8, 4) is 0 Å². The van der Waals surface area contributed by atoms with Gasteiger partial charge in [-0.1, -0.05) is 84.4 Å². The Bertz CT molecular complexity index is 1650. The van der Waals surface area contributed by atoms with E-state index in [9.17, 15) is 14.4 Å². The average molecular weight is 512 g/mol. The summed E-state index contributed by atoms with van der Waals surface area (Å²) < 4.78 is 0. The van der Waals surface area contributed by atoms with Crippen LogP contribution >= 0.6 is 0 Å². The van der Waals surface area contributed by atoms with E-state index in [1.807, 2.05) is 85.8 Å². The number of imide groups is 1. The van der Waals surface area contributed by atoms with Crippen molar-refractivity contribution in [2.75, 3.05) is 4.90 Å². The maximum atomic E-state index is 14.3. The molecular weight excluding hydrogens is 486 g/mol. The quantitative estimate of drug-likeness (QED) is 0.239. The number of aryl methyl sites for hydroxylation is 1. The Hall–Kier alpha value is -4.84. The number of nitrogens with zero attached hydrogens (tertiary/aromatic N) is 2. The first-order valence-electron chi connectivity index (χ1n) is 13.1. The van der Waals surface area contributed by atoms with E-state index >= 15 is 0 Å². The van der Waals surface area contributed by atoms with Crippen molar-refractivity contribution in [2.24, 2.45) is 16.9 Å². The van der Waals surface area contributed by atoms with E-state index in [0.717, 1.165) is 27.8 Å². The van der Waals surface area contributed by atoms with Gasteiger partial charge in [-0.05, 0) is 53.4 Å². The Morgan fingerprint density at radius 3 is 2.13 bits per heavy atom. The first-order chi connectivity index (χ1) is 19.0. The Morgan fingerprint density at radius 2 is 1.46 bits per heavy atom. The smallest absolute Gasteiger partial charge is 0.271 e. The molecule has 190 valence electrons. The van der Waals surface area contributed by atoms with Crippen molar-refractivity contribution in [1.29, 1.82) is 0 Å². The number of hydrogen-bond acceptors (Lipinski definition) is 4. The normalized spacial score (nSPS) is 24.4. The van der Waals surface area contributed by atoms with Gasteiger partial charge in [0.15, 0.2) is 0 Å². The molecule has 4 aliphatic rings. The first kappa shape index (κ1) is 23.3. The number of hydrogen-bond donors (Lipinski definition) is 1. The lowest BCUT2D eigenvalue weighted by atomic mass is 9.47. The molecule has 4 aromatic rings. The lowest BCUT2D eigenvalue weighted by Gasteiger charge is -2.52. The number of nitrogens with one attached hydrogen (secondary N) is 1. The minimum atomic E-state index is -1.03. The number of carbonyl (C=O) groups excluding carboxylic acids is 3. The van der Waals surface area contributed by atoms with Gasteiger partial charge >= 0.3 is 0 Å². The van der Waals surface area contributed by atoms with E-state index in [1.165, 1.54) is 4.90 Å². The van der Waals surface area contributed by atoms with Crippen LogP contribution in [0, 0.1) is 18.8 Å². The Labute approximate surface area is 226 Å². The lowest BCUT2D eigenvalue weighted by Crippen LogP contribution is -2.54. The summed E-state index contributed by atoms with van der Waals surface area (Å²) in [6.07, 6.45) is 1.69. The number of amides is 3. The Kier molecular flexibility index (Phi) is 5.13. The van der Waals surface area contributed by atoms with Crippen LogP contribution in [0.15, 0.2) is 108 Å². The maximum absolute atomic E-state index is 14.3.